The van der Waals surface area contributed by atoms with Crippen molar-refractivity contribution in [2.75, 3.05) is 0 Å². The van der Waals surface area contributed by atoms with Gasteiger partial charge < -0.3 is 4.42 Å². The Labute approximate surface area is 287 Å². The Bertz CT molecular complexity index is 2840. The van der Waals surface area contributed by atoms with E-state index in [0.29, 0.717) is 17.6 Å². The molecule has 0 unspecified atom stereocenters. The predicted octanol–water partition coefficient (Wildman–Crippen LogP) is 11.5. The summed E-state index contributed by atoms with van der Waals surface area (Å²) in [5.74, 6) is 1.79. The van der Waals surface area contributed by atoms with E-state index in [1.807, 2.05) is 42.5 Å². The molecule has 0 aliphatic heterocycles. The van der Waals surface area contributed by atoms with Gasteiger partial charge in [0, 0.05) is 38.2 Å². The molecule has 0 spiro atoms. The van der Waals surface area contributed by atoms with Gasteiger partial charge in [0.2, 0.25) is 5.95 Å². The maximum Gasteiger partial charge on any atom is 0.238 e. The molecule has 0 radical (unpaired) electrons. The molecule has 0 saturated carbocycles. The van der Waals surface area contributed by atoms with E-state index in [-0.39, 0.29) is 0 Å². The lowest BCUT2D eigenvalue weighted by Crippen LogP contribution is -2.06. The van der Waals surface area contributed by atoms with E-state index in [2.05, 4.69) is 132 Å². The maximum atomic E-state index is 6.65. The molecule has 5 heteroatoms. The summed E-state index contributed by atoms with van der Waals surface area (Å²) in [7, 11) is 0. The van der Waals surface area contributed by atoms with Crippen LogP contribution in [0.15, 0.2) is 174 Å². The first kappa shape index (κ1) is 28.2. The highest BCUT2D eigenvalue weighted by molar-refractivity contribution is 6.28. The number of hydrogen-bond donors (Lipinski definition) is 0. The third kappa shape index (κ3) is 4.52. The molecule has 0 amide bonds. The van der Waals surface area contributed by atoms with Crippen molar-refractivity contribution in [3.8, 4) is 51.0 Å². The van der Waals surface area contributed by atoms with Gasteiger partial charge in [0.15, 0.2) is 11.6 Å². The molecule has 0 atom stereocenters. The molecule has 0 bridgehead atoms. The van der Waals surface area contributed by atoms with E-state index in [9.17, 15) is 0 Å². The molecule has 10 aromatic rings. The summed E-state index contributed by atoms with van der Waals surface area (Å²) in [4.78, 5) is 15.3. The van der Waals surface area contributed by atoms with Gasteiger partial charge in [-0.1, -0.05) is 152 Å². The highest BCUT2D eigenvalue weighted by atomic mass is 16.3. The van der Waals surface area contributed by atoms with Crippen molar-refractivity contribution in [3.63, 3.8) is 0 Å². The predicted molar refractivity (Wildman–Crippen MR) is 203 cm³/mol. The smallest absolute Gasteiger partial charge is 0.238 e. The lowest BCUT2D eigenvalue weighted by atomic mass is 10.0. The molecular weight excluding hydrogens is 613 g/mol. The number of aromatic nitrogens is 4. The van der Waals surface area contributed by atoms with E-state index in [4.69, 9.17) is 19.4 Å². The monoisotopic (exact) mass is 640 g/mol. The normalized spacial score (nSPS) is 11.6. The highest BCUT2D eigenvalue weighted by Crippen LogP contribution is 2.43. The van der Waals surface area contributed by atoms with E-state index >= 15 is 0 Å². The highest BCUT2D eigenvalue weighted by Gasteiger charge is 2.22. The van der Waals surface area contributed by atoms with Gasteiger partial charge in [-0.25, -0.2) is 4.98 Å². The van der Waals surface area contributed by atoms with Gasteiger partial charge in [-0.05, 0) is 34.9 Å². The van der Waals surface area contributed by atoms with Gasteiger partial charge in [0.05, 0.1) is 11.0 Å². The van der Waals surface area contributed by atoms with Gasteiger partial charge in [0.25, 0.3) is 0 Å². The number of fused-ring (bicyclic) bond motifs is 7. The summed E-state index contributed by atoms with van der Waals surface area (Å²) < 4.78 is 8.82. The molecule has 3 heterocycles. The first-order valence-corrected chi connectivity index (χ1v) is 16.7. The first-order chi connectivity index (χ1) is 24.8. The Balaban J connectivity index is 1.23. The lowest BCUT2D eigenvalue weighted by molar-refractivity contribution is 0.670. The fourth-order valence-corrected chi connectivity index (χ4v) is 7.16. The molecule has 7 aromatic carbocycles. The number of rotatable bonds is 5. The van der Waals surface area contributed by atoms with Crippen LogP contribution in [-0.2, 0) is 0 Å². The molecule has 0 aliphatic rings. The molecule has 0 aliphatic carbocycles. The van der Waals surface area contributed by atoms with Crippen molar-refractivity contribution < 1.29 is 4.42 Å². The summed E-state index contributed by atoms with van der Waals surface area (Å²) in [5.41, 5.74) is 10.1. The molecule has 234 valence electrons. The molecule has 5 nitrogen and oxygen atoms in total. The van der Waals surface area contributed by atoms with Crippen molar-refractivity contribution in [1.82, 2.24) is 19.5 Å². The molecule has 50 heavy (non-hydrogen) atoms. The standard InChI is InChI=1S/C45H28N4O/c1-4-13-29(14-5-1)30-23-25-33(26-24-30)44-46-43(32-17-8-3-9-18-32)47-45(48-44)49-37-22-11-10-19-35(37)40-38(49)27-28-39-41(40)36-21-12-20-34(42(36)50-39)31-15-6-2-7-16-31/h1-28H. The maximum absolute atomic E-state index is 6.65. The minimum atomic E-state index is 0.560. The zero-order chi connectivity index (χ0) is 33.0. The van der Waals surface area contributed by atoms with Crippen molar-refractivity contribution in [1.29, 1.82) is 0 Å². The fraction of sp³-hybridized carbons (Fsp3) is 0. The molecule has 0 fully saturated rings. The largest absolute Gasteiger partial charge is 0.455 e. The first-order valence-electron chi connectivity index (χ1n) is 16.7. The SMILES string of the molecule is c1ccc(-c2ccc(-c3nc(-c4ccccc4)nc(-n4c5ccccc5c5c6c(ccc54)oc4c(-c5ccccc5)cccc46)n3)cc2)cc1. The minimum Gasteiger partial charge on any atom is -0.455 e. The van der Waals surface area contributed by atoms with Crippen LogP contribution >= 0.6 is 0 Å². The Morgan fingerprint density at radius 2 is 0.940 bits per heavy atom. The van der Waals surface area contributed by atoms with Gasteiger partial charge in [-0.15, -0.1) is 0 Å². The van der Waals surface area contributed by atoms with Crippen LogP contribution in [0.1, 0.15) is 0 Å². The lowest BCUT2D eigenvalue weighted by Gasteiger charge is -2.11. The van der Waals surface area contributed by atoms with Crippen LogP contribution in [0.4, 0.5) is 0 Å². The molecule has 0 saturated heterocycles. The van der Waals surface area contributed by atoms with Crippen LogP contribution in [0.25, 0.3) is 94.7 Å². The van der Waals surface area contributed by atoms with Gasteiger partial charge in [-0.2, -0.15) is 9.97 Å². The third-order valence-electron chi connectivity index (χ3n) is 9.49. The van der Waals surface area contributed by atoms with Crippen molar-refractivity contribution in [2.45, 2.75) is 0 Å². The van der Waals surface area contributed by atoms with Crippen molar-refractivity contribution in [2.24, 2.45) is 0 Å². The Morgan fingerprint density at radius 3 is 1.66 bits per heavy atom. The Kier molecular flexibility index (Phi) is 6.42. The summed E-state index contributed by atoms with van der Waals surface area (Å²) in [6, 6.07) is 58.4. The number of hydrogen-bond acceptors (Lipinski definition) is 4. The summed E-state index contributed by atoms with van der Waals surface area (Å²) in [6.07, 6.45) is 0. The molecule has 3 aromatic heterocycles. The van der Waals surface area contributed by atoms with Gasteiger partial charge >= 0.3 is 0 Å². The topological polar surface area (TPSA) is 56.7 Å². The van der Waals surface area contributed by atoms with Crippen LogP contribution in [0.3, 0.4) is 0 Å². The van der Waals surface area contributed by atoms with Crippen molar-refractivity contribution >= 4 is 43.7 Å². The number of benzene rings is 7. The van der Waals surface area contributed by atoms with E-state index in [1.165, 1.54) is 5.56 Å². The van der Waals surface area contributed by atoms with E-state index in [1.54, 1.807) is 0 Å². The number of nitrogens with zero attached hydrogens (tertiary/aromatic N) is 4. The van der Waals surface area contributed by atoms with Crippen LogP contribution in [-0.4, -0.2) is 19.5 Å². The second-order valence-corrected chi connectivity index (χ2v) is 12.4. The molecular formula is C45H28N4O. The number of furan rings is 1. The van der Waals surface area contributed by atoms with Crippen LogP contribution < -0.4 is 0 Å². The zero-order valence-electron chi connectivity index (χ0n) is 26.9. The van der Waals surface area contributed by atoms with E-state index < -0.39 is 0 Å². The van der Waals surface area contributed by atoms with Crippen LogP contribution in [0.2, 0.25) is 0 Å². The van der Waals surface area contributed by atoms with Crippen LogP contribution in [0.5, 0.6) is 0 Å². The summed E-state index contributed by atoms with van der Waals surface area (Å²) >= 11 is 0. The average molecular weight is 641 g/mol. The Hall–Kier alpha value is -6.85. The van der Waals surface area contributed by atoms with Gasteiger partial charge in [0.1, 0.15) is 11.2 Å². The second kappa shape index (κ2) is 11.4. The zero-order valence-corrected chi connectivity index (χ0v) is 26.9. The van der Waals surface area contributed by atoms with E-state index in [0.717, 1.165) is 71.6 Å². The third-order valence-corrected chi connectivity index (χ3v) is 9.49. The summed E-state index contributed by atoms with van der Waals surface area (Å²) in [6.45, 7) is 0. The Morgan fingerprint density at radius 1 is 0.380 bits per heavy atom. The average Bonchev–Trinajstić information content (AvgIpc) is 3.75. The number of para-hydroxylation sites is 2. The van der Waals surface area contributed by atoms with Crippen LogP contribution in [0, 0.1) is 0 Å². The second-order valence-electron chi connectivity index (χ2n) is 12.4. The molecule has 0 N–H and O–H groups in total. The summed E-state index contributed by atoms with van der Waals surface area (Å²) in [5, 5.41) is 4.38. The molecule has 10 rings (SSSR count). The minimum absolute atomic E-state index is 0.560. The fourth-order valence-electron chi connectivity index (χ4n) is 7.16. The van der Waals surface area contributed by atoms with Gasteiger partial charge in [-0.3, -0.25) is 4.57 Å². The van der Waals surface area contributed by atoms with Crippen molar-refractivity contribution in [3.05, 3.63) is 170 Å². The quantitative estimate of drug-likeness (QED) is 0.188.